The molecule has 0 amide bonds. The number of hydrogen-bond donors (Lipinski definition) is 2. The molecule has 0 spiro atoms. The Morgan fingerprint density at radius 1 is 1.05 bits per heavy atom. The third-order valence-corrected chi connectivity index (χ3v) is 6.37. The summed E-state index contributed by atoms with van der Waals surface area (Å²) < 4.78 is 60.9. The first-order chi connectivity index (χ1) is 17.5. The Kier molecular flexibility index (Phi) is 5.89. The van der Waals surface area contributed by atoms with Gasteiger partial charge in [-0.15, -0.1) is 0 Å². The van der Waals surface area contributed by atoms with E-state index in [0.717, 1.165) is 29.3 Å². The summed E-state index contributed by atoms with van der Waals surface area (Å²) >= 11 is 0. The highest BCUT2D eigenvalue weighted by Crippen LogP contribution is 2.37. The Morgan fingerprint density at radius 3 is 2.51 bits per heavy atom. The number of para-hydroxylation sites is 1. The monoisotopic (exact) mass is 512 g/mol. The van der Waals surface area contributed by atoms with Crippen molar-refractivity contribution in [2.75, 3.05) is 10.2 Å². The molecule has 2 N–H and O–H groups in total. The molecule has 190 valence electrons. The lowest BCUT2D eigenvalue weighted by atomic mass is 10.00. The normalized spacial score (nSPS) is 14.0. The Balaban J connectivity index is 1.62. The maximum atomic E-state index is 13.7. The first-order valence-corrected chi connectivity index (χ1v) is 11.3. The van der Waals surface area contributed by atoms with E-state index in [9.17, 15) is 32.3 Å². The van der Waals surface area contributed by atoms with Crippen molar-refractivity contribution in [2.24, 2.45) is 0 Å². The SMILES string of the molecule is C[C@@H](Nc1ccccc1C(=O)O)c1cc(C(F)(F)F)cc2c(=O)cc(N3Cc4ccc(F)cc4C3)oc12. The third kappa shape index (κ3) is 4.62. The standard InChI is InChI=1S/C27H20F4N2O4/c1-14(32-22-5-3-2-4-19(22)26(35)36)20-9-17(27(29,30)31)10-21-23(34)11-24(37-25(20)21)33-12-15-6-7-18(28)8-16(15)13-33/h2-11,14,32H,12-13H2,1H3,(H,35,36)/t14-/m1/s1. The average Bonchev–Trinajstić information content (AvgIpc) is 3.26. The summed E-state index contributed by atoms with van der Waals surface area (Å²) in [5.74, 6) is -1.47. The Bertz CT molecular complexity index is 1600. The molecule has 10 heteroatoms. The maximum absolute atomic E-state index is 13.7. The molecule has 1 aliphatic rings. The topological polar surface area (TPSA) is 82.8 Å². The highest BCUT2D eigenvalue weighted by atomic mass is 19.4. The maximum Gasteiger partial charge on any atom is 0.416 e. The highest BCUT2D eigenvalue weighted by Gasteiger charge is 2.33. The first-order valence-electron chi connectivity index (χ1n) is 11.3. The zero-order chi connectivity index (χ0) is 26.5. The molecule has 0 unspecified atom stereocenters. The van der Waals surface area contributed by atoms with Crippen LogP contribution in [0.3, 0.4) is 0 Å². The van der Waals surface area contributed by atoms with Crippen molar-refractivity contribution in [2.45, 2.75) is 32.2 Å². The summed E-state index contributed by atoms with van der Waals surface area (Å²) in [6, 6.07) is 12.3. The molecule has 6 nitrogen and oxygen atoms in total. The number of nitrogens with one attached hydrogen (secondary N) is 1. The smallest absolute Gasteiger partial charge is 0.416 e. The summed E-state index contributed by atoms with van der Waals surface area (Å²) in [6.45, 7) is 2.14. The van der Waals surface area contributed by atoms with Gasteiger partial charge in [-0.1, -0.05) is 18.2 Å². The fourth-order valence-electron chi connectivity index (χ4n) is 4.54. The summed E-state index contributed by atoms with van der Waals surface area (Å²) in [7, 11) is 0. The van der Waals surface area contributed by atoms with Crippen LogP contribution in [0.2, 0.25) is 0 Å². The van der Waals surface area contributed by atoms with Crippen molar-refractivity contribution in [1.29, 1.82) is 0 Å². The van der Waals surface area contributed by atoms with Crippen LogP contribution < -0.4 is 15.6 Å². The second-order valence-corrected chi connectivity index (χ2v) is 8.87. The number of carboxylic acid groups (broad SMARTS) is 1. The van der Waals surface area contributed by atoms with Crippen LogP contribution in [-0.2, 0) is 19.3 Å². The predicted molar refractivity (Wildman–Crippen MR) is 129 cm³/mol. The molecule has 0 saturated heterocycles. The van der Waals surface area contributed by atoms with Crippen molar-refractivity contribution in [3.05, 3.63) is 105 Å². The number of rotatable bonds is 5. The Morgan fingerprint density at radius 2 is 1.78 bits per heavy atom. The molecule has 1 aliphatic heterocycles. The summed E-state index contributed by atoms with van der Waals surface area (Å²) in [4.78, 5) is 26.3. The highest BCUT2D eigenvalue weighted by molar-refractivity contribution is 5.94. The van der Waals surface area contributed by atoms with Gasteiger partial charge in [-0.05, 0) is 54.4 Å². The first kappa shape index (κ1) is 24.4. The van der Waals surface area contributed by atoms with E-state index in [1.165, 1.54) is 30.3 Å². The van der Waals surface area contributed by atoms with Crippen LogP contribution in [0.25, 0.3) is 11.0 Å². The molecule has 37 heavy (non-hydrogen) atoms. The molecule has 1 atom stereocenters. The van der Waals surface area contributed by atoms with Gasteiger partial charge in [-0.3, -0.25) is 4.79 Å². The number of nitrogens with zero attached hydrogens (tertiary/aromatic N) is 1. The minimum atomic E-state index is -4.73. The zero-order valence-electron chi connectivity index (χ0n) is 19.4. The molecule has 0 fully saturated rings. The molecule has 0 saturated carbocycles. The van der Waals surface area contributed by atoms with Crippen LogP contribution in [0, 0.1) is 5.82 Å². The van der Waals surface area contributed by atoms with Gasteiger partial charge in [0.15, 0.2) is 5.43 Å². The average molecular weight is 512 g/mol. The molecule has 0 aliphatic carbocycles. The predicted octanol–water partition coefficient (Wildman–Crippen LogP) is 6.34. The van der Waals surface area contributed by atoms with Crippen molar-refractivity contribution in [3.8, 4) is 0 Å². The van der Waals surface area contributed by atoms with E-state index in [2.05, 4.69) is 5.32 Å². The van der Waals surface area contributed by atoms with Crippen molar-refractivity contribution < 1.29 is 31.9 Å². The molecule has 1 aromatic heterocycles. The van der Waals surface area contributed by atoms with Crippen LogP contribution >= 0.6 is 0 Å². The van der Waals surface area contributed by atoms with Gasteiger partial charge in [-0.25, -0.2) is 9.18 Å². The molecule has 0 bridgehead atoms. The van der Waals surface area contributed by atoms with Gasteiger partial charge < -0.3 is 19.7 Å². The van der Waals surface area contributed by atoms with Gasteiger partial charge in [0.25, 0.3) is 0 Å². The third-order valence-electron chi connectivity index (χ3n) is 6.37. The van der Waals surface area contributed by atoms with Gasteiger partial charge in [-0.2, -0.15) is 13.2 Å². The van der Waals surface area contributed by atoms with Crippen LogP contribution in [0.5, 0.6) is 0 Å². The largest absolute Gasteiger partial charge is 0.478 e. The molecular formula is C27H20F4N2O4. The molecule has 2 heterocycles. The van der Waals surface area contributed by atoms with Crippen molar-refractivity contribution in [1.82, 2.24) is 0 Å². The molecule has 4 aromatic rings. The second-order valence-electron chi connectivity index (χ2n) is 8.87. The second kappa shape index (κ2) is 8.95. The summed E-state index contributed by atoms with van der Waals surface area (Å²) in [5, 5.41) is 12.2. The Labute approximate surface area is 207 Å². The number of aromatic carboxylic acids is 1. The number of carbonyl (C=O) groups is 1. The van der Waals surface area contributed by atoms with Gasteiger partial charge in [0.05, 0.1) is 22.6 Å². The van der Waals surface area contributed by atoms with Gasteiger partial charge in [0.1, 0.15) is 11.4 Å². The van der Waals surface area contributed by atoms with Crippen LogP contribution in [0.4, 0.5) is 29.1 Å². The number of benzene rings is 3. The fraction of sp³-hybridized carbons (Fsp3) is 0.185. The molecule has 0 radical (unpaired) electrons. The van der Waals surface area contributed by atoms with Gasteiger partial charge in [0.2, 0.25) is 5.88 Å². The van der Waals surface area contributed by atoms with Crippen LogP contribution in [-0.4, -0.2) is 11.1 Å². The van der Waals surface area contributed by atoms with Crippen LogP contribution in [0.1, 0.15) is 45.6 Å². The lowest BCUT2D eigenvalue weighted by Crippen LogP contribution is -2.18. The van der Waals surface area contributed by atoms with Crippen molar-refractivity contribution in [3.63, 3.8) is 0 Å². The number of fused-ring (bicyclic) bond motifs is 2. The number of halogens is 4. The lowest BCUT2D eigenvalue weighted by Gasteiger charge is -2.22. The van der Waals surface area contributed by atoms with E-state index in [-0.39, 0.29) is 40.2 Å². The van der Waals surface area contributed by atoms with Crippen molar-refractivity contribution >= 4 is 28.5 Å². The van der Waals surface area contributed by atoms with E-state index >= 15 is 0 Å². The zero-order valence-corrected chi connectivity index (χ0v) is 19.4. The van der Waals surface area contributed by atoms with Gasteiger partial charge in [0, 0.05) is 30.4 Å². The summed E-state index contributed by atoms with van der Waals surface area (Å²) in [5.41, 5.74) is -0.00784. The lowest BCUT2D eigenvalue weighted by molar-refractivity contribution is -0.137. The number of carboxylic acids is 1. The molecule has 3 aromatic carbocycles. The number of hydrogen-bond acceptors (Lipinski definition) is 5. The van der Waals surface area contributed by atoms with Gasteiger partial charge >= 0.3 is 12.1 Å². The minimum Gasteiger partial charge on any atom is -0.478 e. The fourth-order valence-corrected chi connectivity index (χ4v) is 4.54. The van der Waals surface area contributed by atoms with E-state index < -0.39 is 35.0 Å². The number of anilines is 2. The van der Waals surface area contributed by atoms with E-state index in [0.29, 0.717) is 6.54 Å². The minimum absolute atomic E-state index is 0.0340. The Hall–Kier alpha value is -4.34. The van der Waals surface area contributed by atoms with E-state index in [1.807, 2.05) is 0 Å². The molecular weight excluding hydrogens is 492 g/mol. The summed E-state index contributed by atoms with van der Waals surface area (Å²) in [6.07, 6.45) is -4.73. The quantitative estimate of drug-likeness (QED) is 0.304. The van der Waals surface area contributed by atoms with Crippen LogP contribution in [0.15, 0.2) is 69.9 Å². The molecule has 5 rings (SSSR count). The van der Waals surface area contributed by atoms with E-state index in [4.69, 9.17) is 4.42 Å². The van der Waals surface area contributed by atoms with E-state index in [1.54, 1.807) is 24.0 Å². The number of alkyl halides is 3.